The first kappa shape index (κ1) is 18.3. The minimum atomic E-state index is -0.413. The largest absolute Gasteiger partial charge is 0.507 e. The maximum Gasteiger partial charge on any atom is 0.343 e. The lowest BCUT2D eigenvalue weighted by Crippen LogP contribution is -2.31. The Labute approximate surface area is 160 Å². The van der Waals surface area contributed by atoms with E-state index in [4.69, 9.17) is 4.42 Å². The number of rotatable bonds is 4. The molecule has 1 N–H and O–H groups in total. The van der Waals surface area contributed by atoms with Gasteiger partial charge < -0.3 is 9.52 Å². The topological polar surface area (TPSA) is 56.9 Å². The normalized spacial score (nSPS) is 18.8. The van der Waals surface area contributed by atoms with E-state index in [1.165, 1.54) is 30.2 Å². The van der Waals surface area contributed by atoms with E-state index in [1.807, 2.05) is 0 Å². The Morgan fingerprint density at radius 1 is 0.926 bits per heavy atom. The fourth-order valence-corrected chi connectivity index (χ4v) is 4.24. The molecule has 0 spiro atoms. The molecule has 1 saturated heterocycles. The molecule has 0 amide bonds. The van der Waals surface area contributed by atoms with E-state index in [2.05, 4.69) is 34.1 Å². The zero-order valence-electron chi connectivity index (χ0n) is 15.8. The van der Waals surface area contributed by atoms with Gasteiger partial charge in [0.25, 0.3) is 0 Å². The SMILES string of the molecule is O=c1occ(CN2CCc3ccccc3C2)c(O)c1CN1CCCCCC1. The highest BCUT2D eigenvalue weighted by Crippen LogP contribution is 2.26. The van der Waals surface area contributed by atoms with E-state index in [1.54, 1.807) is 0 Å². The zero-order chi connectivity index (χ0) is 18.6. The molecule has 144 valence electrons. The number of likely N-dealkylation sites (tertiary alicyclic amines) is 1. The third-order valence-corrected chi connectivity index (χ3v) is 5.83. The number of hydrogen-bond acceptors (Lipinski definition) is 5. The van der Waals surface area contributed by atoms with Gasteiger partial charge in [-0.05, 0) is 43.5 Å². The van der Waals surface area contributed by atoms with Crippen LogP contribution in [0.5, 0.6) is 5.75 Å². The van der Waals surface area contributed by atoms with Crippen LogP contribution in [0.25, 0.3) is 0 Å². The standard InChI is InChI=1S/C22H28N2O3/c25-21-19(14-24-12-9-17-7-3-4-8-18(17)13-24)16-27-22(26)20(21)15-23-10-5-1-2-6-11-23/h3-4,7-8,16,25H,1-2,5-6,9-15H2. The smallest absolute Gasteiger partial charge is 0.343 e. The molecule has 0 radical (unpaired) electrons. The second-order valence-corrected chi connectivity index (χ2v) is 7.80. The van der Waals surface area contributed by atoms with Crippen molar-refractivity contribution < 1.29 is 9.52 Å². The first-order valence-corrected chi connectivity index (χ1v) is 10.0. The third-order valence-electron chi connectivity index (χ3n) is 5.83. The van der Waals surface area contributed by atoms with E-state index >= 15 is 0 Å². The van der Waals surface area contributed by atoms with E-state index in [9.17, 15) is 9.90 Å². The summed E-state index contributed by atoms with van der Waals surface area (Å²) in [5.41, 5.74) is 3.44. The van der Waals surface area contributed by atoms with Crippen LogP contribution in [-0.4, -0.2) is 34.5 Å². The summed E-state index contributed by atoms with van der Waals surface area (Å²) in [6.07, 6.45) is 7.23. The Morgan fingerprint density at radius 2 is 1.67 bits per heavy atom. The summed E-state index contributed by atoms with van der Waals surface area (Å²) >= 11 is 0. The predicted molar refractivity (Wildman–Crippen MR) is 105 cm³/mol. The maximum atomic E-state index is 12.2. The molecule has 0 bridgehead atoms. The van der Waals surface area contributed by atoms with Crippen molar-refractivity contribution in [1.82, 2.24) is 9.80 Å². The molecule has 2 aromatic rings. The lowest BCUT2D eigenvalue weighted by atomic mass is 9.99. The average Bonchev–Trinajstić information content (AvgIpc) is 2.96. The second-order valence-electron chi connectivity index (χ2n) is 7.80. The van der Waals surface area contributed by atoms with Crippen LogP contribution in [0.1, 0.15) is 47.9 Å². The van der Waals surface area contributed by atoms with Crippen molar-refractivity contribution in [1.29, 1.82) is 0 Å². The van der Waals surface area contributed by atoms with Crippen LogP contribution in [0.2, 0.25) is 0 Å². The first-order chi connectivity index (χ1) is 13.2. The molecule has 0 saturated carbocycles. The Hall–Kier alpha value is -2.11. The summed E-state index contributed by atoms with van der Waals surface area (Å²) < 4.78 is 5.29. The van der Waals surface area contributed by atoms with Gasteiger partial charge in [-0.15, -0.1) is 0 Å². The van der Waals surface area contributed by atoms with Gasteiger partial charge >= 0.3 is 5.63 Å². The minimum absolute atomic E-state index is 0.120. The number of hydrogen-bond donors (Lipinski definition) is 1. The highest BCUT2D eigenvalue weighted by Gasteiger charge is 2.21. The van der Waals surface area contributed by atoms with E-state index in [0.717, 1.165) is 45.4 Å². The highest BCUT2D eigenvalue weighted by molar-refractivity contribution is 5.37. The van der Waals surface area contributed by atoms with Gasteiger partial charge in [-0.25, -0.2) is 4.79 Å². The number of nitrogens with zero attached hydrogens (tertiary/aromatic N) is 2. The predicted octanol–water partition coefficient (Wildman–Crippen LogP) is 3.28. The van der Waals surface area contributed by atoms with Crippen LogP contribution in [0.15, 0.2) is 39.7 Å². The second kappa shape index (κ2) is 8.28. The molecule has 1 fully saturated rings. The summed E-state index contributed by atoms with van der Waals surface area (Å²) in [5, 5.41) is 10.8. The number of benzene rings is 1. The molecule has 1 aromatic carbocycles. The monoisotopic (exact) mass is 368 g/mol. The first-order valence-electron chi connectivity index (χ1n) is 10.0. The van der Waals surface area contributed by atoms with Gasteiger partial charge in [0.2, 0.25) is 0 Å². The van der Waals surface area contributed by atoms with E-state index < -0.39 is 5.63 Å². The molecule has 2 aliphatic rings. The molecule has 27 heavy (non-hydrogen) atoms. The molecular weight excluding hydrogens is 340 g/mol. The lowest BCUT2D eigenvalue weighted by molar-refractivity contribution is 0.235. The minimum Gasteiger partial charge on any atom is -0.507 e. The van der Waals surface area contributed by atoms with Crippen LogP contribution >= 0.6 is 0 Å². The summed E-state index contributed by atoms with van der Waals surface area (Å²) in [4.78, 5) is 16.8. The van der Waals surface area contributed by atoms with Crippen molar-refractivity contribution in [3.05, 3.63) is 63.2 Å². The van der Waals surface area contributed by atoms with Gasteiger partial charge in [-0.3, -0.25) is 9.80 Å². The van der Waals surface area contributed by atoms with Crippen molar-refractivity contribution in [3.63, 3.8) is 0 Å². The number of aromatic hydroxyl groups is 1. The van der Waals surface area contributed by atoms with Gasteiger partial charge in [0.05, 0.1) is 5.56 Å². The summed E-state index contributed by atoms with van der Waals surface area (Å²) in [5.74, 6) is 0.120. The average molecular weight is 368 g/mol. The molecule has 0 atom stereocenters. The van der Waals surface area contributed by atoms with E-state index in [-0.39, 0.29) is 5.75 Å². The molecule has 5 nitrogen and oxygen atoms in total. The van der Waals surface area contributed by atoms with Crippen molar-refractivity contribution in [2.24, 2.45) is 0 Å². The van der Waals surface area contributed by atoms with Gasteiger partial charge in [0.1, 0.15) is 12.0 Å². The van der Waals surface area contributed by atoms with Crippen molar-refractivity contribution in [3.8, 4) is 5.75 Å². The van der Waals surface area contributed by atoms with Crippen LogP contribution in [0, 0.1) is 0 Å². The third kappa shape index (κ3) is 4.25. The van der Waals surface area contributed by atoms with E-state index in [0.29, 0.717) is 24.2 Å². The summed E-state index contributed by atoms with van der Waals surface area (Å²) in [6, 6.07) is 8.50. The van der Waals surface area contributed by atoms with Gasteiger partial charge in [-0.1, -0.05) is 37.1 Å². The molecule has 0 unspecified atom stereocenters. The molecule has 1 aromatic heterocycles. The summed E-state index contributed by atoms with van der Waals surface area (Å²) in [7, 11) is 0. The molecule has 0 aliphatic carbocycles. The molecular formula is C22H28N2O3. The molecule has 3 heterocycles. The summed E-state index contributed by atoms with van der Waals surface area (Å²) in [6.45, 7) is 4.83. The van der Waals surface area contributed by atoms with Crippen LogP contribution in [0.4, 0.5) is 0 Å². The van der Waals surface area contributed by atoms with Crippen LogP contribution in [-0.2, 0) is 26.1 Å². The lowest BCUT2D eigenvalue weighted by Gasteiger charge is -2.29. The van der Waals surface area contributed by atoms with Gasteiger partial charge in [0.15, 0.2) is 0 Å². The zero-order valence-corrected chi connectivity index (χ0v) is 15.8. The fraction of sp³-hybridized carbons (Fsp3) is 0.500. The van der Waals surface area contributed by atoms with Crippen LogP contribution in [0.3, 0.4) is 0 Å². The Balaban J connectivity index is 1.49. The van der Waals surface area contributed by atoms with Crippen molar-refractivity contribution in [2.45, 2.75) is 51.7 Å². The number of fused-ring (bicyclic) bond motifs is 1. The Kier molecular flexibility index (Phi) is 5.60. The highest BCUT2D eigenvalue weighted by atomic mass is 16.4. The fourth-order valence-electron chi connectivity index (χ4n) is 4.24. The van der Waals surface area contributed by atoms with Crippen molar-refractivity contribution >= 4 is 0 Å². The molecule has 4 rings (SSSR count). The Bertz CT molecular complexity index is 838. The Morgan fingerprint density at radius 3 is 2.44 bits per heavy atom. The van der Waals surface area contributed by atoms with Crippen LogP contribution < -0.4 is 5.63 Å². The molecule has 5 heteroatoms. The van der Waals surface area contributed by atoms with Gasteiger partial charge in [-0.2, -0.15) is 0 Å². The van der Waals surface area contributed by atoms with Gasteiger partial charge in [0, 0.05) is 31.7 Å². The molecule has 2 aliphatic heterocycles. The quantitative estimate of drug-likeness (QED) is 0.898. The maximum absolute atomic E-state index is 12.2. The van der Waals surface area contributed by atoms with Crippen molar-refractivity contribution in [2.75, 3.05) is 19.6 Å².